The highest BCUT2D eigenvalue weighted by Crippen LogP contribution is 2.32. The van der Waals surface area contributed by atoms with E-state index in [9.17, 15) is 4.79 Å². The van der Waals surface area contributed by atoms with Gasteiger partial charge in [-0.25, -0.2) is 0 Å². The lowest BCUT2D eigenvalue weighted by Crippen LogP contribution is -2.48. The van der Waals surface area contributed by atoms with E-state index in [1.54, 1.807) is 0 Å². The first-order valence-corrected chi connectivity index (χ1v) is 7.97. The summed E-state index contributed by atoms with van der Waals surface area (Å²) in [7, 11) is 0. The van der Waals surface area contributed by atoms with Gasteiger partial charge in [-0.15, -0.1) is 0 Å². The summed E-state index contributed by atoms with van der Waals surface area (Å²) in [5.74, 6) is 0.392. The molecule has 1 rings (SSSR count). The average Bonchev–Trinajstić information content (AvgIpc) is 2.30. The highest BCUT2D eigenvalue weighted by molar-refractivity contribution is 5.79. The van der Waals surface area contributed by atoms with Crippen molar-refractivity contribution in [1.29, 1.82) is 0 Å². The maximum atomic E-state index is 11.7. The number of ketones is 1. The van der Waals surface area contributed by atoms with Crippen LogP contribution in [0, 0.1) is 0 Å². The minimum atomic E-state index is -0.114. The van der Waals surface area contributed by atoms with Crippen molar-refractivity contribution in [2.75, 3.05) is 0 Å². The molecular weight excluding hydrogens is 222 g/mol. The van der Waals surface area contributed by atoms with Gasteiger partial charge in [0.15, 0.2) is 0 Å². The molecule has 0 saturated heterocycles. The van der Waals surface area contributed by atoms with Crippen LogP contribution in [0.4, 0.5) is 0 Å². The Hall–Kier alpha value is -0.370. The number of hydrogen-bond acceptors (Lipinski definition) is 2. The molecule has 0 aromatic carbocycles. The molecule has 0 aromatic rings. The first-order chi connectivity index (χ1) is 8.66. The maximum Gasteiger partial charge on any atom is 0.134 e. The molecule has 0 atom stereocenters. The van der Waals surface area contributed by atoms with E-state index in [0.29, 0.717) is 12.2 Å². The van der Waals surface area contributed by atoms with Crippen LogP contribution in [-0.4, -0.2) is 11.3 Å². The number of rotatable bonds is 11. The molecule has 0 spiro atoms. The largest absolute Gasteiger partial charge is 0.325 e. The van der Waals surface area contributed by atoms with Crippen LogP contribution in [0.1, 0.15) is 90.4 Å². The Morgan fingerprint density at radius 3 is 2.06 bits per heavy atom. The van der Waals surface area contributed by atoms with Crippen LogP contribution in [0.2, 0.25) is 0 Å². The van der Waals surface area contributed by atoms with Crippen molar-refractivity contribution in [2.45, 2.75) is 95.9 Å². The Bertz CT molecular complexity index is 233. The van der Waals surface area contributed by atoms with E-state index in [4.69, 9.17) is 5.73 Å². The molecule has 0 amide bonds. The smallest absolute Gasteiger partial charge is 0.134 e. The number of nitrogens with two attached hydrogens (primary N) is 1. The maximum absolute atomic E-state index is 11.7. The molecule has 0 heterocycles. The van der Waals surface area contributed by atoms with Crippen LogP contribution in [0.15, 0.2) is 0 Å². The van der Waals surface area contributed by atoms with E-state index in [0.717, 1.165) is 25.7 Å². The molecule has 0 bridgehead atoms. The van der Waals surface area contributed by atoms with Gasteiger partial charge in [0.2, 0.25) is 0 Å². The van der Waals surface area contributed by atoms with Gasteiger partial charge >= 0.3 is 0 Å². The number of Topliss-reactive ketones (excluding diaryl/α,β-unsaturated/α-hetero) is 1. The minimum Gasteiger partial charge on any atom is -0.325 e. The molecule has 2 nitrogen and oxygen atoms in total. The van der Waals surface area contributed by atoms with Gasteiger partial charge in [-0.1, -0.05) is 51.9 Å². The normalized spacial score (nSPS) is 17.4. The number of carbonyl (C=O) groups excluding carboxylic acids is 1. The molecule has 1 aliphatic rings. The molecule has 0 unspecified atom stereocenters. The number of hydrogen-bond donors (Lipinski definition) is 1. The third kappa shape index (κ3) is 6.53. The van der Waals surface area contributed by atoms with Crippen LogP contribution in [0.5, 0.6) is 0 Å². The highest BCUT2D eigenvalue weighted by Gasteiger charge is 2.34. The Kier molecular flexibility index (Phi) is 7.57. The van der Waals surface area contributed by atoms with Crippen LogP contribution in [0.3, 0.4) is 0 Å². The first-order valence-electron chi connectivity index (χ1n) is 7.97. The van der Waals surface area contributed by atoms with Crippen molar-refractivity contribution in [3.63, 3.8) is 0 Å². The van der Waals surface area contributed by atoms with Gasteiger partial charge in [-0.2, -0.15) is 0 Å². The Labute approximate surface area is 113 Å². The van der Waals surface area contributed by atoms with Gasteiger partial charge in [0.1, 0.15) is 5.78 Å². The summed E-state index contributed by atoms with van der Waals surface area (Å²) in [5, 5.41) is 0. The van der Waals surface area contributed by atoms with Gasteiger partial charge in [-0.3, -0.25) is 4.79 Å². The van der Waals surface area contributed by atoms with Gasteiger partial charge in [0, 0.05) is 18.4 Å². The van der Waals surface area contributed by atoms with Gasteiger partial charge in [-0.05, 0) is 25.7 Å². The summed E-state index contributed by atoms with van der Waals surface area (Å²) in [6, 6.07) is 0. The van der Waals surface area contributed by atoms with Crippen molar-refractivity contribution in [2.24, 2.45) is 5.73 Å². The standard InChI is InChI=1S/C16H31NO/c1-2-3-4-5-6-7-8-9-11-15(18)14-16(17)12-10-13-16/h2-14,17H2,1H3. The van der Waals surface area contributed by atoms with E-state index in [2.05, 4.69) is 6.92 Å². The van der Waals surface area contributed by atoms with Gasteiger partial charge in [0.25, 0.3) is 0 Å². The zero-order chi connectivity index (χ0) is 13.3. The third-order valence-corrected chi connectivity index (χ3v) is 4.21. The number of unbranched alkanes of at least 4 members (excludes halogenated alkanes) is 7. The molecule has 1 saturated carbocycles. The summed E-state index contributed by atoms with van der Waals surface area (Å²) >= 11 is 0. The second-order valence-corrected chi connectivity index (χ2v) is 6.16. The quantitative estimate of drug-likeness (QED) is 0.556. The lowest BCUT2D eigenvalue weighted by Gasteiger charge is -2.37. The Morgan fingerprint density at radius 1 is 1.00 bits per heavy atom. The van der Waals surface area contributed by atoms with Gasteiger partial charge in [0.05, 0.1) is 0 Å². The van der Waals surface area contributed by atoms with Crippen LogP contribution in [-0.2, 0) is 4.79 Å². The predicted octanol–water partition coefficient (Wildman–Crippen LogP) is 4.36. The molecule has 0 radical (unpaired) electrons. The van der Waals surface area contributed by atoms with Crippen molar-refractivity contribution < 1.29 is 4.79 Å². The zero-order valence-corrected chi connectivity index (χ0v) is 12.2. The SMILES string of the molecule is CCCCCCCCCCC(=O)CC1(N)CCC1. The first kappa shape index (κ1) is 15.7. The van der Waals surface area contributed by atoms with E-state index >= 15 is 0 Å². The minimum absolute atomic E-state index is 0.114. The van der Waals surface area contributed by atoms with E-state index in [-0.39, 0.29) is 5.54 Å². The summed E-state index contributed by atoms with van der Waals surface area (Å²) < 4.78 is 0. The molecule has 106 valence electrons. The number of carbonyl (C=O) groups is 1. The van der Waals surface area contributed by atoms with Crippen LogP contribution >= 0.6 is 0 Å². The summed E-state index contributed by atoms with van der Waals surface area (Å²) in [5.41, 5.74) is 5.97. The average molecular weight is 253 g/mol. The Balaban J connectivity index is 1.86. The second-order valence-electron chi connectivity index (χ2n) is 6.16. The molecule has 2 N–H and O–H groups in total. The molecule has 2 heteroatoms. The Morgan fingerprint density at radius 2 is 1.56 bits per heavy atom. The third-order valence-electron chi connectivity index (χ3n) is 4.21. The molecule has 0 aromatic heterocycles. The molecule has 18 heavy (non-hydrogen) atoms. The zero-order valence-electron chi connectivity index (χ0n) is 12.2. The van der Waals surface area contributed by atoms with Crippen molar-refractivity contribution in [3.8, 4) is 0 Å². The predicted molar refractivity (Wildman–Crippen MR) is 77.6 cm³/mol. The molecule has 1 fully saturated rings. The van der Waals surface area contributed by atoms with Crippen molar-refractivity contribution in [1.82, 2.24) is 0 Å². The van der Waals surface area contributed by atoms with E-state index in [1.165, 1.54) is 51.4 Å². The van der Waals surface area contributed by atoms with Crippen molar-refractivity contribution in [3.05, 3.63) is 0 Å². The summed E-state index contributed by atoms with van der Waals surface area (Å²) in [6.07, 6.45) is 15.1. The fourth-order valence-corrected chi connectivity index (χ4v) is 2.74. The fraction of sp³-hybridized carbons (Fsp3) is 0.938. The summed E-state index contributed by atoms with van der Waals surface area (Å²) in [6.45, 7) is 2.25. The lowest BCUT2D eigenvalue weighted by molar-refractivity contribution is -0.121. The second kappa shape index (κ2) is 8.68. The topological polar surface area (TPSA) is 43.1 Å². The highest BCUT2D eigenvalue weighted by atomic mass is 16.1. The molecule has 0 aliphatic heterocycles. The van der Waals surface area contributed by atoms with E-state index < -0.39 is 0 Å². The fourth-order valence-electron chi connectivity index (χ4n) is 2.74. The summed E-state index contributed by atoms with van der Waals surface area (Å²) in [4.78, 5) is 11.7. The monoisotopic (exact) mass is 253 g/mol. The van der Waals surface area contributed by atoms with Crippen LogP contribution in [0.25, 0.3) is 0 Å². The van der Waals surface area contributed by atoms with Gasteiger partial charge < -0.3 is 5.73 Å². The van der Waals surface area contributed by atoms with Crippen molar-refractivity contribution >= 4 is 5.78 Å². The lowest BCUT2D eigenvalue weighted by atomic mass is 9.74. The van der Waals surface area contributed by atoms with E-state index in [1.807, 2.05) is 0 Å². The molecular formula is C16H31NO. The van der Waals surface area contributed by atoms with Crippen LogP contribution < -0.4 is 5.73 Å². The molecule has 1 aliphatic carbocycles.